The molecule has 0 radical (unpaired) electrons. The third kappa shape index (κ3) is 4.32. The number of primary amides is 1. The van der Waals surface area contributed by atoms with Gasteiger partial charge in [-0.05, 0) is 12.3 Å². The number of carbonyl (C=O) groups is 2. The van der Waals surface area contributed by atoms with E-state index in [-0.39, 0.29) is 12.3 Å². The number of hydroxylamine groups is 1. The Bertz CT molecular complexity index is 294. The smallest absolute Gasteiger partial charge is 0.248 e. The second-order valence-corrected chi connectivity index (χ2v) is 4.13. The van der Waals surface area contributed by atoms with Gasteiger partial charge in [0.15, 0.2) is 0 Å². The van der Waals surface area contributed by atoms with Crippen LogP contribution in [0.15, 0.2) is 0 Å². The van der Waals surface area contributed by atoms with Crippen LogP contribution in [0.4, 0.5) is 0 Å². The van der Waals surface area contributed by atoms with E-state index in [1.54, 1.807) is 0 Å². The van der Waals surface area contributed by atoms with Gasteiger partial charge in [-0.25, -0.2) is 5.48 Å². The average Bonchev–Trinajstić information content (AvgIpc) is 2.21. The van der Waals surface area contributed by atoms with Gasteiger partial charge in [-0.15, -0.1) is 12.3 Å². The molecule has 0 aromatic rings. The molecule has 90 valence electrons. The van der Waals surface area contributed by atoms with Crippen LogP contribution in [0.3, 0.4) is 0 Å². The molecular weight excluding hydrogens is 208 g/mol. The molecule has 0 aliphatic carbocycles. The molecule has 0 fully saturated rings. The summed E-state index contributed by atoms with van der Waals surface area (Å²) >= 11 is 0. The fourth-order valence-corrected chi connectivity index (χ4v) is 1.61. The Labute approximate surface area is 95.3 Å². The maximum absolute atomic E-state index is 11.4. The van der Waals surface area contributed by atoms with Crippen LogP contribution < -0.4 is 11.2 Å². The lowest BCUT2D eigenvalue weighted by Gasteiger charge is -2.22. The highest BCUT2D eigenvalue weighted by Crippen LogP contribution is 2.23. The molecule has 0 unspecified atom stereocenters. The van der Waals surface area contributed by atoms with E-state index >= 15 is 0 Å². The van der Waals surface area contributed by atoms with Crippen molar-refractivity contribution < 1.29 is 14.8 Å². The topological polar surface area (TPSA) is 92.4 Å². The molecular formula is C11H18N2O3. The van der Waals surface area contributed by atoms with Crippen molar-refractivity contribution >= 4 is 11.8 Å². The van der Waals surface area contributed by atoms with Gasteiger partial charge in [0.25, 0.3) is 0 Å². The van der Waals surface area contributed by atoms with E-state index in [9.17, 15) is 9.59 Å². The van der Waals surface area contributed by atoms with E-state index in [0.717, 1.165) is 0 Å². The molecule has 5 heteroatoms. The first-order valence-electron chi connectivity index (χ1n) is 5.10. The molecule has 0 bridgehead atoms. The second-order valence-electron chi connectivity index (χ2n) is 4.13. The maximum atomic E-state index is 11.4. The lowest BCUT2D eigenvalue weighted by atomic mass is 9.82. The number of hydrogen-bond donors (Lipinski definition) is 3. The van der Waals surface area contributed by atoms with Crippen molar-refractivity contribution in [1.82, 2.24) is 5.48 Å². The Kier molecular flexibility index (Phi) is 6.19. The van der Waals surface area contributed by atoms with Gasteiger partial charge in [0.05, 0.1) is 11.8 Å². The molecule has 2 amide bonds. The molecule has 0 saturated carbocycles. The number of carbonyl (C=O) groups excluding carboxylic acids is 2. The van der Waals surface area contributed by atoms with Crippen LogP contribution in [0.2, 0.25) is 0 Å². The number of terminal acetylenes is 1. The SMILES string of the molecule is C#CC[C@H](C(=O)NO)[C@@H](CC(C)C)C(N)=O. The fourth-order valence-electron chi connectivity index (χ4n) is 1.61. The Hall–Kier alpha value is -1.54. The minimum Gasteiger partial charge on any atom is -0.369 e. The molecule has 0 rings (SSSR count). The van der Waals surface area contributed by atoms with Crippen molar-refractivity contribution in [2.75, 3.05) is 0 Å². The van der Waals surface area contributed by atoms with Crippen molar-refractivity contribution in [2.24, 2.45) is 23.5 Å². The Balaban J connectivity index is 4.87. The lowest BCUT2D eigenvalue weighted by molar-refractivity contribution is -0.139. The Morgan fingerprint density at radius 3 is 2.31 bits per heavy atom. The van der Waals surface area contributed by atoms with Crippen LogP contribution in [-0.2, 0) is 9.59 Å². The third-order valence-corrected chi connectivity index (χ3v) is 2.36. The van der Waals surface area contributed by atoms with Crippen LogP contribution in [0.1, 0.15) is 26.7 Å². The predicted molar refractivity (Wildman–Crippen MR) is 59.0 cm³/mol. The summed E-state index contributed by atoms with van der Waals surface area (Å²) in [5, 5.41) is 8.58. The van der Waals surface area contributed by atoms with Gasteiger partial charge >= 0.3 is 0 Å². The summed E-state index contributed by atoms with van der Waals surface area (Å²) < 4.78 is 0. The van der Waals surface area contributed by atoms with Gasteiger partial charge in [0.1, 0.15) is 0 Å². The first-order chi connectivity index (χ1) is 7.43. The summed E-state index contributed by atoms with van der Waals surface area (Å²) in [5.74, 6) is -0.130. The van der Waals surface area contributed by atoms with Crippen LogP contribution in [0, 0.1) is 30.1 Å². The summed E-state index contributed by atoms with van der Waals surface area (Å²) in [4.78, 5) is 22.6. The van der Waals surface area contributed by atoms with E-state index in [1.165, 1.54) is 5.48 Å². The zero-order valence-electron chi connectivity index (χ0n) is 9.56. The molecule has 4 N–H and O–H groups in total. The van der Waals surface area contributed by atoms with Crippen LogP contribution in [-0.4, -0.2) is 17.0 Å². The molecule has 0 heterocycles. The molecule has 2 atom stereocenters. The minimum atomic E-state index is -0.769. The summed E-state index contributed by atoms with van der Waals surface area (Å²) in [5.41, 5.74) is 6.76. The number of rotatable bonds is 6. The molecule has 0 aliphatic rings. The van der Waals surface area contributed by atoms with Gasteiger partial charge in [-0.1, -0.05) is 13.8 Å². The van der Waals surface area contributed by atoms with Gasteiger partial charge in [0.2, 0.25) is 11.8 Å². The molecule has 0 aliphatic heterocycles. The molecule has 0 aromatic carbocycles. The van der Waals surface area contributed by atoms with Crippen molar-refractivity contribution in [3.05, 3.63) is 0 Å². The summed E-state index contributed by atoms with van der Waals surface area (Å²) in [6, 6.07) is 0. The van der Waals surface area contributed by atoms with Gasteiger partial charge in [-0.2, -0.15) is 0 Å². The van der Waals surface area contributed by atoms with Crippen molar-refractivity contribution in [1.29, 1.82) is 0 Å². The van der Waals surface area contributed by atoms with Crippen molar-refractivity contribution in [3.63, 3.8) is 0 Å². The number of nitrogens with two attached hydrogens (primary N) is 1. The van der Waals surface area contributed by atoms with E-state index in [4.69, 9.17) is 17.4 Å². The van der Waals surface area contributed by atoms with Crippen molar-refractivity contribution in [3.8, 4) is 12.3 Å². The third-order valence-electron chi connectivity index (χ3n) is 2.36. The van der Waals surface area contributed by atoms with Crippen molar-refractivity contribution in [2.45, 2.75) is 26.7 Å². The zero-order chi connectivity index (χ0) is 12.7. The zero-order valence-corrected chi connectivity index (χ0v) is 9.56. The van der Waals surface area contributed by atoms with Crippen LogP contribution >= 0.6 is 0 Å². The van der Waals surface area contributed by atoms with E-state index in [2.05, 4.69) is 5.92 Å². The van der Waals surface area contributed by atoms with E-state index in [1.807, 2.05) is 13.8 Å². The Morgan fingerprint density at radius 2 is 2.00 bits per heavy atom. The van der Waals surface area contributed by atoms with Gasteiger partial charge < -0.3 is 5.73 Å². The first-order valence-corrected chi connectivity index (χ1v) is 5.10. The summed E-state index contributed by atoms with van der Waals surface area (Å²) in [7, 11) is 0. The fraction of sp³-hybridized carbons (Fsp3) is 0.636. The van der Waals surface area contributed by atoms with E-state index in [0.29, 0.717) is 6.42 Å². The highest BCUT2D eigenvalue weighted by molar-refractivity contribution is 5.86. The molecule has 5 nitrogen and oxygen atoms in total. The average molecular weight is 226 g/mol. The molecule has 16 heavy (non-hydrogen) atoms. The predicted octanol–water partition coefficient (Wildman–Crippen LogP) is 0.279. The van der Waals surface area contributed by atoms with Crippen LogP contribution in [0.5, 0.6) is 0 Å². The largest absolute Gasteiger partial charge is 0.369 e. The number of nitrogens with one attached hydrogen (secondary N) is 1. The molecule has 0 spiro atoms. The maximum Gasteiger partial charge on any atom is 0.248 e. The standard InChI is InChI=1S/C11H18N2O3/c1-4-5-8(11(15)13-16)9(10(12)14)6-7(2)3/h1,7-9,16H,5-6H2,2-3H3,(H2,12,14)(H,13,15)/t8-,9+/m0/s1. The quantitative estimate of drug-likeness (QED) is 0.345. The first kappa shape index (κ1) is 14.5. The Morgan fingerprint density at radius 1 is 1.44 bits per heavy atom. The lowest BCUT2D eigenvalue weighted by Crippen LogP contribution is -2.39. The number of hydrogen-bond acceptors (Lipinski definition) is 3. The summed E-state index contributed by atoms with van der Waals surface area (Å²) in [6.45, 7) is 3.83. The minimum absolute atomic E-state index is 0.0761. The van der Waals surface area contributed by atoms with Gasteiger partial charge in [-0.3, -0.25) is 14.8 Å². The number of amides is 2. The highest BCUT2D eigenvalue weighted by Gasteiger charge is 2.32. The highest BCUT2D eigenvalue weighted by atomic mass is 16.5. The van der Waals surface area contributed by atoms with Gasteiger partial charge in [0, 0.05) is 6.42 Å². The monoisotopic (exact) mass is 226 g/mol. The van der Waals surface area contributed by atoms with Crippen LogP contribution in [0.25, 0.3) is 0 Å². The molecule has 0 aromatic heterocycles. The van der Waals surface area contributed by atoms with E-state index < -0.39 is 23.7 Å². The summed E-state index contributed by atoms with van der Waals surface area (Å²) in [6.07, 6.45) is 5.67. The second kappa shape index (κ2) is 6.85. The normalized spacial score (nSPS) is 13.9. The molecule has 0 saturated heterocycles.